The lowest BCUT2D eigenvalue weighted by Crippen LogP contribution is -2.06. The fraction of sp³-hybridized carbons (Fsp3) is 0.135. The maximum absolute atomic E-state index is 2.51. The Bertz CT molecular complexity index is 2040. The van der Waals surface area contributed by atoms with Gasteiger partial charge in [-0.15, -0.1) is 0 Å². The molecule has 0 saturated heterocycles. The van der Waals surface area contributed by atoms with Gasteiger partial charge in [-0.1, -0.05) is 91.9 Å². The van der Waals surface area contributed by atoms with Gasteiger partial charge in [-0.3, -0.25) is 0 Å². The SMILES string of the molecule is CC1C=CC=C(n2c3ccccc3c3cc(-c4ccc5c(c4)c4ccccc4n5C4C=CC=CC4)ccc32)C1. The fourth-order valence-corrected chi connectivity index (χ4v) is 6.75. The van der Waals surface area contributed by atoms with Gasteiger partial charge in [-0.25, -0.2) is 0 Å². The Hall–Kier alpha value is -4.56. The van der Waals surface area contributed by atoms with E-state index in [1.807, 2.05) is 0 Å². The van der Waals surface area contributed by atoms with E-state index in [1.54, 1.807) is 0 Å². The van der Waals surface area contributed by atoms with Gasteiger partial charge in [-0.2, -0.15) is 0 Å². The van der Waals surface area contributed by atoms with Gasteiger partial charge in [0.05, 0.1) is 17.1 Å². The van der Waals surface area contributed by atoms with E-state index in [1.165, 1.54) is 60.4 Å². The highest BCUT2D eigenvalue weighted by atomic mass is 15.0. The van der Waals surface area contributed by atoms with Crippen LogP contribution in [0.25, 0.3) is 60.4 Å². The minimum absolute atomic E-state index is 0.345. The van der Waals surface area contributed by atoms with Crippen LogP contribution < -0.4 is 0 Å². The van der Waals surface area contributed by atoms with Gasteiger partial charge in [0, 0.05) is 38.3 Å². The van der Waals surface area contributed by atoms with Gasteiger partial charge < -0.3 is 9.13 Å². The van der Waals surface area contributed by atoms with Crippen molar-refractivity contribution in [1.82, 2.24) is 9.13 Å². The Morgan fingerprint density at radius 2 is 1.26 bits per heavy atom. The zero-order valence-electron chi connectivity index (χ0n) is 22.1. The first-order valence-electron chi connectivity index (χ1n) is 14.0. The highest BCUT2D eigenvalue weighted by Gasteiger charge is 2.19. The summed E-state index contributed by atoms with van der Waals surface area (Å²) in [5.41, 5.74) is 9.05. The molecule has 2 heteroatoms. The van der Waals surface area contributed by atoms with E-state index in [0.29, 0.717) is 12.0 Å². The van der Waals surface area contributed by atoms with E-state index < -0.39 is 0 Å². The van der Waals surface area contributed by atoms with Gasteiger partial charge in [0.1, 0.15) is 0 Å². The van der Waals surface area contributed by atoms with Gasteiger partial charge in [-0.05, 0) is 72.4 Å². The maximum atomic E-state index is 2.51. The minimum Gasteiger partial charge on any atom is -0.333 e. The van der Waals surface area contributed by atoms with Crippen molar-refractivity contribution in [2.45, 2.75) is 25.8 Å². The first-order valence-corrected chi connectivity index (χ1v) is 14.0. The average Bonchev–Trinajstić information content (AvgIpc) is 3.50. The lowest BCUT2D eigenvalue weighted by atomic mass is 9.99. The van der Waals surface area contributed by atoms with Crippen LogP contribution in [0.4, 0.5) is 0 Å². The number of allylic oxidation sites excluding steroid dienone is 8. The van der Waals surface area contributed by atoms with Crippen LogP contribution in [0.2, 0.25) is 0 Å². The molecule has 0 bridgehead atoms. The van der Waals surface area contributed by atoms with Gasteiger partial charge in [0.2, 0.25) is 0 Å². The third-order valence-electron chi connectivity index (χ3n) is 8.55. The minimum atomic E-state index is 0.345. The van der Waals surface area contributed by atoms with E-state index >= 15 is 0 Å². The summed E-state index contributed by atoms with van der Waals surface area (Å²) in [6.45, 7) is 2.30. The summed E-state index contributed by atoms with van der Waals surface area (Å²) in [6, 6.07) is 32.1. The number of rotatable bonds is 3. The second kappa shape index (κ2) is 8.74. The molecule has 2 atom stereocenters. The molecule has 4 aromatic carbocycles. The molecule has 188 valence electrons. The van der Waals surface area contributed by atoms with Crippen molar-refractivity contribution in [3.8, 4) is 11.1 Å². The average molecular weight is 503 g/mol. The van der Waals surface area contributed by atoms with Crippen LogP contribution in [0.3, 0.4) is 0 Å². The zero-order valence-corrected chi connectivity index (χ0v) is 22.1. The van der Waals surface area contributed by atoms with Crippen LogP contribution in [-0.2, 0) is 0 Å². The fourth-order valence-electron chi connectivity index (χ4n) is 6.75. The van der Waals surface area contributed by atoms with E-state index in [2.05, 4.69) is 144 Å². The summed E-state index contributed by atoms with van der Waals surface area (Å²) in [7, 11) is 0. The zero-order chi connectivity index (χ0) is 25.9. The van der Waals surface area contributed by atoms with Gasteiger partial charge >= 0.3 is 0 Å². The third kappa shape index (κ3) is 3.48. The molecule has 0 aliphatic heterocycles. The Labute approximate surface area is 228 Å². The molecular weight excluding hydrogens is 472 g/mol. The number of nitrogens with zero attached hydrogens (tertiary/aromatic N) is 2. The lowest BCUT2D eigenvalue weighted by molar-refractivity contribution is 0.648. The number of hydrogen-bond donors (Lipinski definition) is 0. The number of para-hydroxylation sites is 2. The van der Waals surface area contributed by atoms with Crippen molar-refractivity contribution in [2.24, 2.45) is 5.92 Å². The molecular formula is C37H30N2. The number of fused-ring (bicyclic) bond motifs is 6. The largest absolute Gasteiger partial charge is 0.333 e. The Kier molecular flexibility index (Phi) is 5.03. The summed E-state index contributed by atoms with van der Waals surface area (Å²) in [6.07, 6.45) is 17.8. The third-order valence-corrected chi connectivity index (χ3v) is 8.55. The predicted octanol–water partition coefficient (Wildman–Crippen LogP) is 10.1. The van der Waals surface area contributed by atoms with Crippen LogP contribution in [-0.4, -0.2) is 9.13 Å². The molecule has 8 rings (SSSR count). The van der Waals surface area contributed by atoms with E-state index in [-0.39, 0.29) is 0 Å². The molecule has 2 aliphatic carbocycles. The molecule has 0 amide bonds. The van der Waals surface area contributed by atoms with Crippen LogP contribution in [0.15, 0.2) is 127 Å². The summed E-state index contributed by atoms with van der Waals surface area (Å²) in [4.78, 5) is 0. The first-order chi connectivity index (χ1) is 19.3. The van der Waals surface area contributed by atoms with Gasteiger partial charge in [0.15, 0.2) is 0 Å². The number of hydrogen-bond acceptors (Lipinski definition) is 0. The van der Waals surface area contributed by atoms with E-state index in [4.69, 9.17) is 0 Å². The molecule has 2 nitrogen and oxygen atoms in total. The summed E-state index contributed by atoms with van der Waals surface area (Å²) >= 11 is 0. The van der Waals surface area contributed by atoms with Crippen molar-refractivity contribution in [2.75, 3.05) is 0 Å². The molecule has 39 heavy (non-hydrogen) atoms. The maximum Gasteiger partial charge on any atom is 0.0560 e. The monoisotopic (exact) mass is 502 g/mol. The van der Waals surface area contributed by atoms with E-state index in [0.717, 1.165) is 12.8 Å². The highest BCUT2D eigenvalue weighted by molar-refractivity contribution is 6.12. The van der Waals surface area contributed by atoms with Crippen LogP contribution in [0.5, 0.6) is 0 Å². The molecule has 2 heterocycles. The standard InChI is InChI=1S/C37H30N2/c1-25-10-9-13-29(22-25)39-35-17-8-6-15-31(35)33-24-27(19-21-37(33)39)26-18-20-36-32(23-26)30-14-5-7-16-34(30)38(36)28-11-3-2-4-12-28/h2-11,13-21,23-25,28H,12,22H2,1H3. The lowest BCUT2D eigenvalue weighted by Gasteiger charge is -2.18. The van der Waals surface area contributed by atoms with Crippen molar-refractivity contribution in [3.63, 3.8) is 0 Å². The Balaban J connectivity index is 1.32. The highest BCUT2D eigenvalue weighted by Crippen LogP contribution is 2.39. The van der Waals surface area contributed by atoms with Crippen LogP contribution >= 0.6 is 0 Å². The molecule has 2 aliphatic rings. The Morgan fingerprint density at radius 1 is 0.615 bits per heavy atom. The Morgan fingerprint density at radius 3 is 2.00 bits per heavy atom. The van der Waals surface area contributed by atoms with Crippen LogP contribution in [0, 0.1) is 5.92 Å². The number of aromatic nitrogens is 2. The summed E-state index contributed by atoms with van der Waals surface area (Å²) < 4.78 is 4.98. The smallest absolute Gasteiger partial charge is 0.0560 e. The molecule has 2 unspecified atom stereocenters. The summed E-state index contributed by atoms with van der Waals surface area (Å²) in [5.74, 6) is 0.550. The molecule has 0 fully saturated rings. The second-order valence-corrected chi connectivity index (χ2v) is 11.0. The molecule has 0 saturated carbocycles. The number of benzene rings is 4. The molecule has 2 aromatic heterocycles. The van der Waals surface area contributed by atoms with Crippen molar-refractivity contribution >= 4 is 49.3 Å². The van der Waals surface area contributed by atoms with Crippen molar-refractivity contribution in [1.29, 1.82) is 0 Å². The molecule has 0 spiro atoms. The van der Waals surface area contributed by atoms with Crippen LogP contribution in [0.1, 0.15) is 25.8 Å². The quantitative estimate of drug-likeness (QED) is 0.228. The van der Waals surface area contributed by atoms with Crippen molar-refractivity contribution < 1.29 is 0 Å². The topological polar surface area (TPSA) is 9.86 Å². The first kappa shape index (κ1) is 22.4. The summed E-state index contributed by atoms with van der Waals surface area (Å²) in [5, 5.41) is 5.27. The van der Waals surface area contributed by atoms with Crippen molar-refractivity contribution in [3.05, 3.63) is 127 Å². The normalized spacial score (nSPS) is 19.1. The molecule has 0 radical (unpaired) electrons. The predicted molar refractivity (Wildman–Crippen MR) is 167 cm³/mol. The van der Waals surface area contributed by atoms with E-state index in [9.17, 15) is 0 Å². The molecule has 0 N–H and O–H groups in total. The van der Waals surface area contributed by atoms with Gasteiger partial charge in [0.25, 0.3) is 0 Å². The second-order valence-electron chi connectivity index (χ2n) is 11.0. The molecule has 6 aromatic rings.